The molecule has 0 N–H and O–H groups in total. The molecule has 1 aromatic heterocycles. The first kappa shape index (κ1) is 19.8. The first-order chi connectivity index (χ1) is 14.1. The average molecular weight is 397 g/mol. The van der Waals surface area contributed by atoms with Crippen molar-refractivity contribution in [3.8, 4) is 0 Å². The van der Waals surface area contributed by atoms with Crippen molar-refractivity contribution in [2.75, 3.05) is 55.6 Å². The minimum absolute atomic E-state index is 0.203. The van der Waals surface area contributed by atoms with E-state index in [9.17, 15) is 9.18 Å². The van der Waals surface area contributed by atoms with E-state index in [0.29, 0.717) is 5.92 Å². The number of benzene rings is 1. The molecule has 0 radical (unpaired) electrons. The molecule has 1 unspecified atom stereocenters. The number of hydrogen-bond donors (Lipinski definition) is 0. The number of pyridine rings is 1. The molecule has 0 amide bonds. The van der Waals surface area contributed by atoms with Crippen molar-refractivity contribution in [2.24, 2.45) is 5.92 Å². The average Bonchev–Trinajstić information content (AvgIpc) is 2.75. The van der Waals surface area contributed by atoms with Crippen LogP contribution in [0.5, 0.6) is 0 Å². The van der Waals surface area contributed by atoms with Gasteiger partial charge in [0.1, 0.15) is 11.6 Å². The molecule has 1 aromatic carbocycles. The van der Waals surface area contributed by atoms with Crippen LogP contribution in [0.3, 0.4) is 0 Å². The maximum Gasteiger partial charge on any atom is 0.164 e. The molecule has 2 fully saturated rings. The van der Waals surface area contributed by atoms with Gasteiger partial charge in [0.25, 0.3) is 0 Å². The Morgan fingerprint density at radius 1 is 1.07 bits per heavy atom. The number of piperidine rings is 1. The highest BCUT2D eigenvalue weighted by atomic mass is 19.1. The van der Waals surface area contributed by atoms with E-state index in [1.54, 1.807) is 6.07 Å². The van der Waals surface area contributed by atoms with Crippen LogP contribution < -0.4 is 9.80 Å². The fourth-order valence-corrected chi connectivity index (χ4v) is 4.62. The summed E-state index contributed by atoms with van der Waals surface area (Å²) in [6, 6.07) is 11.0. The Labute approximate surface area is 172 Å². The van der Waals surface area contributed by atoms with Crippen molar-refractivity contribution < 1.29 is 9.18 Å². The standard InChI is InChI=1S/C23H29FN4O/c1-18(29)23-20(24)7-4-8-21(23)28-11-5-6-19(17-28)16-26-12-14-27(15-13-26)22-9-2-3-10-25-22/h2-4,7-10,19H,5-6,11-17H2,1H3. The monoisotopic (exact) mass is 396 g/mol. The fraction of sp³-hybridized carbons (Fsp3) is 0.478. The Morgan fingerprint density at radius 2 is 1.90 bits per heavy atom. The molecule has 2 saturated heterocycles. The number of Topliss-reactive ketones (excluding diaryl/α,β-unsaturated/α-hetero) is 1. The second kappa shape index (κ2) is 8.91. The summed E-state index contributed by atoms with van der Waals surface area (Å²) in [6.45, 7) is 8.31. The molecule has 2 aromatic rings. The molecule has 0 bridgehead atoms. The molecule has 1 atom stereocenters. The third-order valence-corrected chi connectivity index (χ3v) is 6.07. The minimum atomic E-state index is -0.414. The zero-order valence-corrected chi connectivity index (χ0v) is 17.1. The Balaban J connectivity index is 1.36. The number of hydrogen-bond acceptors (Lipinski definition) is 5. The molecule has 0 saturated carbocycles. The van der Waals surface area contributed by atoms with Crippen molar-refractivity contribution >= 4 is 17.3 Å². The zero-order chi connectivity index (χ0) is 20.2. The molecule has 2 aliphatic heterocycles. The second-order valence-electron chi connectivity index (χ2n) is 8.12. The van der Waals surface area contributed by atoms with Gasteiger partial charge in [0.2, 0.25) is 0 Å². The molecule has 2 aliphatic rings. The van der Waals surface area contributed by atoms with Crippen molar-refractivity contribution in [2.45, 2.75) is 19.8 Å². The van der Waals surface area contributed by atoms with Crippen LogP contribution in [0.25, 0.3) is 0 Å². The van der Waals surface area contributed by atoms with Gasteiger partial charge in [0.15, 0.2) is 5.78 Å². The minimum Gasteiger partial charge on any atom is -0.371 e. The lowest BCUT2D eigenvalue weighted by atomic mass is 9.95. The highest BCUT2D eigenvalue weighted by Gasteiger charge is 2.27. The maximum atomic E-state index is 14.2. The van der Waals surface area contributed by atoms with E-state index >= 15 is 0 Å². The van der Waals surface area contributed by atoms with E-state index in [0.717, 1.165) is 63.7 Å². The topological polar surface area (TPSA) is 39.7 Å². The number of rotatable bonds is 5. The zero-order valence-electron chi connectivity index (χ0n) is 17.1. The van der Waals surface area contributed by atoms with E-state index in [1.165, 1.54) is 19.4 Å². The van der Waals surface area contributed by atoms with Crippen LogP contribution in [-0.2, 0) is 0 Å². The molecular formula is C23H29FN4O. The van der Waals surface area contributed by atoms with Gasteiger partial charge in [0, 0.05) is 52.0 Å². The summed E-state index contributed by atoms with van der Waals surface area (Å²) in [5.41, 5.74) is 0.985. The van der Waals surface area contributed by atoms with Crippen LogP contribution in [0.4, 0.5) is 15.9 Å². The number of piperazine rings is 1. The van der Waals surface area contributed by atoms with E-state index < -0.39 is 5.82 Å². The second-order valence-corrected chi connectivity index (χ2v) is 8.12. The number of nitrogens with zero attached hydrogens (tertiary/aromatic N) is 4. The Kier molecular flexibility index (Phi) is 6.09. The van der Waals surface area contributed by atoms with E-state index in [4.69, 9.17) is 0 Å². The van der Waals surface area contributed by atoms with Crippen LogP contribution in [0.2, 0.25) is 0 Å². The van der Waals surface area contributed by atoms with Crippen LogP contribution in [-0.4, -0.2) is 61.5 Å². The predicted molar refractivity (Wildman–Crippen MR) is 114 cm³/mol. The van der Waals surface area contributed by atoms with Gasteiger partial charge in [-0.2, -0.15) is 0 Å². The van der Waals surface area contributed by atoms with Crippen molar-refractivity contribution in [1.29, 1.82) is 0 Å². The first-order valence-corrected chi connectivity index (χ1v) is 10.5. The quantitative estimate of drug-likeness (QED) is 0.724. The lowest BCUT2D eigenvalue weighted by molar-refractivity contribution is 0.101. The molecule has 6 heteroatoms. The SMILES string of the molecule is CC(=O)c1c(F)cccc1N1CCCC(CN2CCN(c3ccccn3)CC2)C1. The molecule has 0 aliphatic carbocycles. The summed E-state index contributed by atoms with van der Waals surface area (Å²) in [4.78, 5) is 23.5. The van der Waals surface area contributed by atoms with Crippen LogP contribution >= 0.6 is 0 Å². The largest absolute Gasteiger partial charge is 0.371 e. The van der Waals surface area contributed by atoms with Gasteiger partial charge < -0.3 is 9.80 Å². The highest BCUT2D eigenvalue weighted by Crippen LogP contribution is 2.29. The molecule has 29 heavy (non-hydrogen) atoms. The first-order valence-electron chi connectivity index (χ1n) is 10.5. The lowest BCUT2D eigenvalue weighted by Crippen LogP contribution is -2.50. The smallest absolute Gasteiger partial charge is 0.164 e. The van der Waals surface area contributed by atoms with Gasteiger partial charge in [-0.15, -0.1) is 0 Å². The van der Waals surface area contributed by atoms with Crippen molar-refractivity contribution in [3.63, 3.8) is 0 Å². The Morgan fingerprint density at radius 3 is 2.62 bits per heavy atom. The van der Waals surface area contributed by atoms with Crippen LogP contribution in [0.1, 0.15) is 30.1 Å². The van der Waals surface area contributed by atoms with Crippen LogP contribution in [0, 0.1) is 11.7 Å². The van der Waals surface area contributed by atoms with Gasteiger partial charge in [-0.05, 0) is 49.9 Å². The molecule has 5 nitrogen and oxygen atoms in total. The molecule has 3 heterocycles. The van der Waals surface area contributed by atoms with Crippen molar-refractivity contribution in [3.05, 3.63) is 54.0 Å². The number of aromatic nitrogens is 1. The van der Waals surface area contributed by atoms with Crippen LogP contribution in [0.15, 0.2) is 42.6 Å². The van der Waals surface area contributed by atoms with Gasteiger partial charge >= 0.3 is 0 Å². The summed E-state index contributed by atoms with van der Waals surface area (Å²) >= 11 is 0. The summed E-state index contributed by atoms with van der Waals surface area (Å²) in [7, 11) is 0. The van der Waals surface area contributed by atoms with E-state index in [-0.39, 0.29) is 11.3 Å². The third kappa shape index (κ3) is 4.58. The van der Waals surface area contributed by atoms with Gasteiger partial charge in [-0.1, -0.05) is 12.1 Å². The lowest BCUT2D eigenvalue weighted by Gasteiger charge is -2.40. The molecular weight excluding hydrogens is 367 g/mol. The summed E-state index contributed by atoms with van der Waals surface area (Å²) in [5.74, 6) is 0.973. The summed E-state index contributed by atoms with van der Waals surface area (Å²) < 4.78 is 14.2. The molecule has 154 valence electrons. The summed E-state index contributed by atoms with van der Waals surface area (Å²) in [5, 5.41) is 0. The normalized spacial score (nSPS) is 20.7. The van der Waals surface area contributed by atoms with E-state index in [1.807, 2.05) is 24.4 Å². The van der Waals surface area contributed by atoms with E-state index in [2.05, 4.69) is 25.8 Å². The maximum absolute atomic E-state index is 14.2. The Bertz CT molecular complexity index is 836. The van der Waals surface area contributed by atoms with Gasteiger partial charge in [-0.3, -0.25) is 9.69 Å². The highest BCUT2D eigenvalue weighted by molar-refractivity contribution is 6.00. The predicted octanol–water partition coefficient (Wildman–Crippen LogP) is 3.46. The Hall–Kier alpha value is -2.47. The van der Waals surface area contributed by atoms with Gasteiger partial charge in [-0.25, -0.2) is 9.37 Å². The van der Waals surface area contributed by atoms with Gasteiger partial charge in [0.05, 0.1) is 11.3 Å². The number of halogens is 1. The summed E-state index contributed by atoms with van der Waals surface area (Å²) in [6.07, 6.45) is 4.11. The molecule has 0 spiro atoms. The van der Waals surface area contributed by atoms with Crippen molar-refractivity contribution in [1.82, 2.24) is 9.88 Å². The number of carbonyl (C=O) groups excluding carboxylic acids is 1. The molecule has 4 rings (SSSR count). The third-order valence-electron chi connectivity index (χ3n) is 6.07. The number of anilines is 2. The number of ketones is 1. The fourth-order valence-electron chi connectivity index (χ4n) is 4.62. The number of carbonyl (C=O) groups is 1.